The first kappa shape index (κ1) is 15.3. The molecular formula is C17H22N2O2S. The first-order valence-electron chi connectivity index (χ1n) is 7.74. The largest absolute Gasteiger partial charge is 0.396 e. The molecule has 1 N–H and O–H groups in total. The second-order valence-corrected chi connectivity index (χ2v) is 6.92. The van der Waals surface area contributed by atoms with Crippen molar-refractivity contribution in [3.63, 3.8) is 0 Å². The number of likely N-dealkylation sites (tertiary alicyclic amines) is 1. The monoisotopic (exact) mass is 318 g/mol. The molecule has 1 amide bonds. The zero-order valence-electron chi connectivity index (χ0n) is 13.1. The van der Waals surface area contributed by atoms with Crippen LogP contribution in [0.1, 0.15) is 33.9 Å². The van der Waals surface area contributed by atoms with Gasteiger partial charge in [0.25, 0.3) is 5.91 Å². The van der Waals surface area contributed by atoms with Crippen LogP contribution in [0.2, 0.25) is 0 Å². The summed E-state index contributed by atoms with van der Waals surface area (Å²) in [5.41, 5.74) is 3.27. The zero-order valence-corrected chi connectivity index (χ0v) is 13.9. The Morgan fingerprint density at radius 3 is 2.45 bits per heavy atom. The van der Waals surface area contributed by atoms with Crippen LogP contribution < -0.4 is 0 Å². The van der Waals surface area contributed by atoms with Gasteiger partial charge in [-0.3, -0.25) is 4.79 Å². The van der Waals surface area contributed by atoms with Crippen LogP contribution in [0.15, 0.2) is 23.6 Å². The van der Waals surface area contributed by atoms with Crippen molar-refractivity contribution >= 4 is 17.2 Å². The number of hydrogen-bond acceptors (Lipinski definition) is 3. The Balaban J connectivity index is 1.85. The number of thiophene rings is 1. The van der Waals surface area contributed by atoms with Gasteiger partial charge in [0.2, 0.25) is 0 Å². The summed E-state index contributed by atoms with van der Waals surface area (Å²) in [5.74, 6) is 0.467. The van der Waals surface area contributed by atoms with E-state index in [0.29, 0.717) is 5.92 Å². The predicted octanol–water partition coefficient (Wildman–Crippen LogP) is 3.00. The maximum Gasteiger partial charge on any atom is 0.266 e. The van der Waals surface area contributed by atoms with Gasteiger partial charge in [0, 0.05) is 31.1 Å². The van der Waals surface area contributed by atoms with E-state index in [-0.39, 0.29) is 12.5 Å². The summed E-state index contributed by atoms with van der Waals surface area (Å²) < 4.78 is 2.14. The highest BCUT2D eigenvalue weighted by Gasteiger charge is 2.26. The van der Waals surface area contributed by atoms with Crippen LogP contribution in [-0.4, -0.2) is 40.2 Å². The molecule has 0 aromatic carbocycles. The first-order chi connectivity index (χ1) is 10.6. The van der Waals surface area contributed by atoms with E-state index in [1.165, 1.54) is 11.3 Å². The predicted molar refractivity (Wildman–Crippen MR) is 88.8 cm³/mol. The second-order valence-electron chi connectivity index (χ2n) is 6.00. The molecule has 3 rings (SSSR count). The van der Waals surface area contributed by atoms with Gasteiger partial charge < -0.3 is 14.6 Å². The third-order valence-corrected chi connectivity index (χ3v) is 5.40. The second kappa shape index (κ2) is 6.26. The molecule has 1 saturated heterocycles. The summed E-state index contributed by atoms with van der Waals surface area (Å²) in [4.78, 5) is 15.6. The molecule has 4 nitrogen and oxygen atoms in total. The van der Waals surface area contributed by atoms with Gasteiger partial charge in [-0.25, -0.2) is 0 Å². The summed E-state index contributed by atoms with van der Waals surface area (Å²) in [6.07, 6.45) is 1.79. The fourth-order valence-corrected chi connectivity index (χ4v) is 3.99. The van der Waals surface area contributed by atoms with Crippen molar-refractivity contribution in [1.29, 1.82) is 0 Å². The molecule has 22 heavy (non-hydrogen) atoms. The molecule has 0 saturated carbocycles. The van der Waals surface area contributed by atoms with E-state index in [4.69, 9.17) is 0 Å². The molecule has 2 aromatic rings. The summed E-state index contributed by atoms with van der Waals surface area (Å²) in [6, 6.07) is 6.18. The average molecular weight is 318 g/mol. The molecule has 0 bridgehead atoms. The molecule has 0 atom stereocenters. The summed E-state index contributed by atoms with van der Waals surface area (Å²) >= 11 is 1.51. The van der Waals surface area contributed by atoms with Crippen LogP contribution in [-0.2, 0) is 0 Å². The Hall–Kier alpha value is -1.59. The lowest BCUT2D eigenvalue weighted by molar-refractivity contribution is 0.0655. The van der Waals surface area contributed by atoms with Crippen molar-refractivity contribution in [1.82, 2.24) is 9.47 Å². The molecule has 0 unspecified atom stereocenters. The van der Waals surface area contributed by atoms with Crippen LogP contribution >= 0.6 is 11.3 Å². The molecule has 0 spiro atoms. The minimum absolute atomic E-state index is 0.119. The average Bonchev–Trinajstić information content (AvgIpc) is 3.13. The molecular weight excluding hydrogens is 296 g/mol. The maximum atomic E-state index is 12.9. The Bertz CT molecular complexity index is 647. The van der Waals surface area contributed by atoms with Gasteiger partial charge >= 0.3 is 0 Å². The molecule has 1 fully saturated rings. The molecule has 0 radical (unpaired) electrons. The van der Waals surface area contributed by atoms with E-state index in [1.807, 2.05) is 16.3 Å². The van der Waals surface area contributed by atoms with Gasteiger partial charge in [0.05, 0.1) is 5.69 Å². The van der Waals surface area contributed by atoms with E-state index in [9.17, 15) is 9.90 Å². The maximum absolute atomic E-state index is 12.9. The number of aliphatic hydroxyl groups is 1. The quantitative estimate of drug-likeness (QED) is 0.945. The zero-order chi connectivity index (χ0) is 15.7. The van der Waals surface area contributed by atoms with Gasteiger partial charge in [-0.05, 0) is 56.2 Å². The molecule has 1 aliphatic rings. The highest BCUT2D eigenvalue weighted by atomic mass is 32.1. The smallest absolute Gasteiger partial charge is 0.266 e. The standard InChI is InChI=1S/C17H22N2O2S/c1-12-3-4-13(2)19(12)15-7-10-22-16(15)17(21)18-8-5-14(11-20)6-9-18/h3-4,7,10,14,20H,5-6,8-9,11H2,1-2H3. The Morgan fingerprint density at radius 1 is 1.23 bits per heavy atom. The number of piperidine rings is 1. The Morgan fingerprint density at radius 2 is 1.86 bits per heavy atom. The third kappa shape index (κ3) is 2.71. The van der Waals surface area contributed by atoms with Crippen LogP contribution in [0.25, 0.3) is 5.69 Å². The van der Waals surface area contributed by atoms with Crippen LogP contribution in [0, 0.1) is 19.8 Å². The molecule has 5 heteroatoms. The van der Waals surface area contributed by atoms with Crippen LogP contribution in [0.5, 0.6) is 0 Å². The summed E-state index contributed by atoms with van der Waals surface area (Å²) in [5, 5.41) is 11.2. The molecule has 0 aliphatic carbocycles. The van der Waals surface area contributed by atoms with Crippen molar-refractivity contribution in [3.05, 3.63) is 39.8 Å². The van der Waals surface area contributed by atoms with E-state index < -0.39 is 0 Å². The number of rotatable bonds is 3. The summed E-state index contributed by atoms with van der Waals surface area (Å²) in [6.45, 7) is 5.83. The number of carbonyl (C=O) groups is 1. The lowest BCUT2D eigenvalue weighted by atomic mass is 9.98. The van der Waals surface area contributed by atoms with Gasteiger partial charge in [0.15, 0.2) is 0 Å². The van der Waals surface area contributed by atoms with Gasteiger partial charge in [-0.1, -0.05) is 0 Å². The normalized spacial score (nSPS) is 16.2. The molecule has 3 heterocycles. The van der Waals surface area contributed by atoms with E-state index in [2.05, 4.69) is 30.5 Å². The number of aryl methyl sites for hydroxylation is 2. The SMILES string of the molecule is Cc1ccc(C)n1-c1ccsc1C(=O)N1CCC(CO)CC1. The van der Waals surface area contributed by atoms with Crippen molar-refractivity contribution < 1.29 is 9.90 Å². The van der Waals surface area contributed by atoms with E-state index in [1.54, 1.807) is 0 Å². The van der Waals surface area contributed by atoms with E-state index in [0.717, 1.165) is 47.9 Å². The van der Waals surface area contributed by atoms with Crippen molar-refractivity contribution in [2.45, 2.75) is 26.7 Å². The molecule has 118 valence electrons. The molecule has 2 aromatic heterocycles. The topological polar surface area (TPSA) is 45.5 Å². The highest BCUT2D eigenvalue weighted by molar-refractivity contribution is 7.12. The van der Waals surface area contributed by atoms with Crippen molar-refractivity contribution in [2.24, 2.45) is 5.92 Å². The minimum Gasteiger partial charge on any atom is -0.396 e. The number of nitrogens with zero attached hydrogens (tertiary/aromatic N) is 2. The number of aromatic nitrogens is 1. The lowest BCUT2D eigenvalue weighted by Crippen LogP contribution is -2.39. The van der Waals surface area contributed by atoms with Gasteiger partial charge in [-0.2, -0.15) is 0 Å². The third-order valence-electron chi connectivity index (χ3n) is 4.51. The van der Waals surface area contributed by atoms with Gasteiger partial charge in [0.1, 0.15) is 4.88 Å². The minimum atomic E-state index is 0.119. The fourth-order valence-electron chi connectivity index (χ4n) is 3.15. The lowest BCUT2D eigenvalue weighted by Gasteiger charge is -2.31. The fraction of sp³-hybridized carbons (Fsp3) is 0.471. The van der Waals surface area contributed by atoms with Crippen LogP contribution in [0.3, 0.4) is 0 Å². The number of amides is 1. The van der Waals surface area contributed by atoms with Crippen LogP contribution in [0.4, 0.5) is 0 Å². The van der Waals surface area contributed by atoms with Crippen molar-refractivity contribution in [3.8, 4) is 5.69 Å². The summed E-state index contributed by atoms with van der Waals surface area (Å²) in [7, 11) is 0. The first-order valence-corrected chi connectivity index (χ1v) is 8.62. The van der Waals surface area contributed by atoms with Gasteiger partial charge in [-0.15, -0.1) is 11.3 Å². The van der Waals surface area contributed by atoms with E-state index >= 15 is 0 Å². The Labute approximate surface area is 135 Å². The number of carbonyl (C=O) groups excluding carboxylic acids is 1. The highest BCUT2D eigenvalue weighted by Crippen LogP contribution is 2.28. The van der Waals surface area contributed by atoms with Crippen molar-refractivity contribution in [2.75, 3.05) is 19.7 Å². The molecule has 1 aliphatic heterocycles. The Kier molecular flexibility index (Phi) is 4.36. The number of hydrogen-bond donors (Lipinski definition) is 1. The number of aliphatic hydroxyl groups excluding tert-OH is 1.